The van der Waals surface area contributed by atoms with E-state index in [2.05, 4.69) is 4.99 Å². The molecular weight excluding hydrogens is 317 g/mol. The summed E-state index contributed by atoms with van der Waals surface area (Å²) in [6, 6.07) is 9.63. The first kappa shape index (κ1) is 19.7. The van der Waals surface area contributed by atoms with E-state index < -0.39 is 13.4 Å². The number of phosphoric ester groups is 1. The Hall–Kier alpha value is -1.36. The van der Waals surface area contributed by atoms with Gasteiger partial charge in [0.15, 0.2) is 0 Å². The quantitative estimate of drug-likeness (QED) is 0.413. The van der Waals surface area contributed by atoms with Crippen LogP contribution in [0.3, 0.4) is 0 Å². The highest BCUT2D eigenvalue weighted by atomic mass is 31.2. The smallest absolute Gasteiger partial charge is 0.445 e. The molecule has 6 nitrogen and oxygen atoms in total. The van der Waals surface area contributed by atoms with Crippen LogP contribution in [0.1, 0.15) is 40.2 Å². The van der Waals surface area contributed by atoms with Crippen LogP contribution in [0.5, 0.6) is 0 Å². The van der Waals surface area contributed by atoms with E-state index in [1.807, 2.05) is 51.1 Å². The minimum absolute atomic E-state index is 0.105. The van der Waals surface area contributed by atoms with E-state index in [0.29, 0.717) is 6.54 Å². The fourth-order valence-corrected chi connectivity index (χ4v) is 2.68. The number of phosphoric acid groups is 1. The van der Waals surface area contributed by atoms with E-state index in [9.17, 15) is 4.57 Å². The molecular formula is C16H26NO5P. The molecule has 0 fully saturated rings. The van der Waals surface area contributed by atoms with Crippen molar-refractivity contribution in [3.8, 4) is 0 Å². The van der Waals surface area contributed by atoms with Crippen LogP contribution in [0.25, 0.3) is 0 Å². The Morgan fingerprint density at radius 1 is 1.09 bits per heavy atom. The van der Waals surface area contributed by atoms with Gasteiger partial charge in [0, 0.05) is 0 Å². The van der Waals surface area contributed by atoms with Gasteiger partial charge in [-0.05, 0) is 40.2 Å². The molecule has 0 unspecified atom stereocenters. The van der Waals surface area contributed by atoms with Crippen LogP contribution >= 0.6 is 7.82 Å². The highest BCUT2D eigenvalue weighted by molar-refractivity contribution is 7.49. The second-order valence-electron chi connectivity index (χ2n) is 5.66. The summed E-state index contributed by atoms with van der Waals surface area (Å²) in [5.74, 6) is 0. The van der Waals surface area contributed by atoms with Gasteiger partial charge < -0.3 is 9.26 Å². The molecule has 23 heavy (non-hydrogen) atoms. The summed E-state index contributed by atoms with van der Waals surface area (Å²) in [4.78, 5) is 4.27. The van der Waals surface area contributed by atoms with Crippen molar-refractivity contribution < 1.29 is 22.9 Å². The number of rotatable bonds is 7. The number of hydrogen-bond donors (Lipinski definition) is 0. The highest BCUT2D eigenvalue weighted by Crippen LogP contribution is 2.49. The molecule has 0 amide bonds. The summed E-state index contributed by atoms with van der Waals surface area (Å²) in [6.07, 6.45) is -0.105. The van der Waals surface area contributed by atoms with E-state index in [-0.39, 0.29) is 19.3 Å². The Labute approximate surface area is 138 Å². The number of benzene rings is 1. The molecule has 1 aromatic carbocycles. The van der Waals surface area contributed by atoms with Crippen molar-refractivity contribution in [2.45, 2.75) is 46.8 Å². The molecule has 0 saturated carbocycles. The first-order valence-electron chi connectivity index (χ1n) is 7.64. The van der Waals surface area contributed by atoms with Gasteiger partial charge in [0.25, 0.3) is 0 Å². The summed E-state index contributed by atoms with van der Waals surface area (Å²) < 4.78 is 33.7. The minimum Gasteiger partial charge on any atom is -0.445 e. The van der Waals surface area contributed by atoms with Gasteiger partial charge in [0.05, 0.1) is 19.8 Å². The monoisotopic (exact) mass is 343 g/mol. The lowest BCUT2D eigenvalue weighted by atomic mass is 10.2. The molecule has 1 rings (SSSR count). The molecule has 0 aliphatic rings. The SMILES string of the molecule is CCOP(=O)(OCC)OC(=NCc1ccccc1)OC(C)(C)C. The van der Waals surface area contributed by atoms with Crippen LogP contribution in [0.15, 0.2) is 35.3 Å². The van der Waals surface area contributed by atoms with E-state index in [0.717, 1.165) is 5.56 Å². The van der Waals surface area contributed by atoms with Gasteiger partial charge >= 0.3 is 13.9 Å². The molecule has 0 N–H and O–H groups in total. The fraction of sp³-hybridized carbons (Fsp3) is 0.562. The molecule has 0 radical (unpaired) electrons. The fourth-order valence-electron chi connectivity index (χ4n) is 1.58. The van der Waals surface area contributed by atoms with Crippen molar-refractivity contribution in [3.63, 3.8) is 0 Å². The molecule has 0 aliphatic heterocycles. The van der Waals surface area contributed by atoms with Crippen LogP contribution in [0.2, 0.25) is 0 Å². The second-order valence-corrected chi connectivity index (χ2v) is 7.25. The minimum atomic E-state index is -3.74. The van der Waals surface area contributed by atoms with Gasteiger partial charge in [-0.15, -0.1) is 0 Å². The summed E-state index contributed by atoms with van der Waals surface area (Å²) in [7, 11) is -3.74. The van der Waals surface area contributed by atoms with Crippen LogP contribution in [0.4, 0.5) is 0 Å². The number of nitrogens with zero attached hydrogens (tertiary/aromatic N) is 1. The molecule has 0 heterocycles. The Kier molecular flexibility index (Phi) is 7.76. The van der Waals surface area contributed by atoms with Crippen molar-refractivity contribution in [1.82, 2.24) is 0 Å². The highest BCUT2D eigenvalue weighted by Gasteiger charge is 2.31. The van der Waals surface area contributed by atoms with E-state index in [1.165, 1.54) is 0 Å². The maximum atomic E-state index is 12.5. The van der Waals surface area contributed by atoms with Crippen LogP contribution in [-0.2, 0) is 29.4 Å². The van der Waals surface area contributed by atoms with Crippen LogP contribution < -0.4 is 0 Å². The molecule has 0 saturated heterocycles. The van der Waals surface area contributed by atoms with Gasteiger partial charge in [0.2, 0.25) is 0 Å². The Bertz CT molecular complexity index is 529. The Morgan fingerprint density at radius 3 is 2.13 bits per heavy atom. The summed E-state index contributed by atoms with van der Waals surface area (Å²) in [5.41, 5.74) is 0.424. The van der Waals surface area contributed by atoms with E-state index in [1.54, 1.807) is 13.8 Å². The third-order valence-electron chi connectivity index (χ3n) is 2.39. The molecule has 130 valence electrons. The summed E-state index contributed by atoms with van der Waals surface area (Å²) in [6.45, 7) is 9.69. The topological polar surface area (TPSA) is 66.4 Å². The van der Waals surface area contributed by atoms with Crippen molar-refractivity contribution in [2.75, 3.05) is 13.2 Å². The van der Waals surface area contributed by atoms with E-state index >= 15 is 0 Å². The maximum Gasteiger partial charge on any atom is 0.533 e. The normalized spacial score (nSPS) is 13.0. The lowest BCUT2D eigenvalue weighted by molar-refractivity contribution is 0.0679. The summed E-state index contributed by atoms with van der Waals surface area (Å²) in [5, 5.41) is 0. The van der Waals surface area contributed by atoms with Crippen molar-refractivity contribution in [3.05, 3.63) is 35.9 Å². The Balaban J connectivity index is 2.93. The molecule has 0 aromatic heterocycles. The van der Waals surface area contributed by atoms with Gasteiger partial charge in [-0.25, -0.2) is 9.56 Å². The lowest BCUT2D eigenvalue weighted by Gasteiger charge is -2.24. The number of ether oxygens (including phenoxy) is 1. The van der Waals surface area contributed by atoms with Gasteiger partial charge in [-0.1, -0.05) is 30.3 Å². The summed E-state index contributed by atoms with van der Waals surface area (Å²) >= 11 is 0. The average Bonchev–Trinajstić information content (AvgIpc) is 2.44. The predicted octanol–water partition coefficient (Wildman–Crippen LogP) is 4.56. The maximum absolute atomic E-state index is 12.5. The second kappa shape index (κ2) is 9.06. The first-order chi connectivity index (χ1) is 10.8. The van der Waals surface area contributed by atoms with Crippen LogP contribution in [-0.4, -0.2) is 24.9 Å². The van der Waals surface area contributed by atoms with Gasteiger partial charge in [0.1, 0.15) is 5.60 Å². The molecule has 0 bridgehead atoms. The zero-order chi connectivity index (χ0) is 17.3. The molecule has 7 heteroatoms. The average molecular weight is 343 g/mol. The van der Waals surface area contributed by atoms with Crippen molar-refractivity contribution in [1.29, 1.82) is 0 Å². The Morgan fingerprint density at radius 2 is 1.65 bits per heavy atom. The lowest BCUT2D eigenvalue weighted by Crippen LogP contribution is -2.25. The van der Waals surface area contributed by atoms with Crippen LogP contribution in [0, 0.1) is 0 Å². The molecule has 0 spiro atoms. The van der Waals surface area contributed by atoms with Crippen molar-refractivity contribution >= 4 is 13.9 Å². The third-order valence-corrected chi connectivity index (χ3v) is 3.92. The largest absolute Gasteiger partial charge is 0.533 e. The third kappa shape index (κ3) is 8.16. The van der Waals surface area contributed by atoms with Gasteiger partial charge in [-0.3, -0.25) is 9.05 Å². The van der Waals surface area contributed by atoms with Crippen molar-refractivity contribution in [2.24, 2.45) is 4.99 Å². The van der Waals surface area contributed by atoms with E-state index in [4.69, 9.17) is 18.3 Å². The number of hydrogen-bond acceptors (Lipinski definition) is 6. The first-order valence-corrected chi connectivity index (χ1v) is 9.10. The molecule has 0 atom stereocenters. The zero-order valence-electron chi connectivity index (χ0n) is 14.4. The zero-order valence-corrected chi connectivity index (χ0v) is 15.3. The predicted molar refractivity (Wildman–Crippen MR) is 90.4 cm³/mol. The standard InChI is InChI=1S/C16H26NO5P/c1-6-19-23(18,20-7-2)22-15(21-16(3,4)5)17-13-14-11-9-8-10-12-14/h8-12H,6-7,13H2,1-5H3. The number of aliphatic imine (C=N–C) groups is 1. The molecule has 1 aromatic rings. The molecule has 0 aliphatic carbocycles. The van der Waals surface area contributed by atoms with Gasteiger partial charge in [-0.2, -0.15) is 0 Å².